The summed E-state index contributed by atoms with van der Waals surface area (Å²) >= 11 is 0. The fraction of sp³-hybridized carbons (Fsp3) is 0.435. The highest BCUT2D eigenvalue weighted by atomic mass is 16.2. The van der Waals surface area contributed by atoms with Crippen molar-refractivity contribution in [1.82, 2.24) is 10.2 Å². The van der Waals surface area contributed by atoms with Crippen LogP contribution >= 0.6 is 0 Å². The van der Waals surface area contributed by atoms with Crippen LogP contribution in [0.25, 0.3) is 0 Å². The van der Waals surface area contributed by atoms with Gasteiger partial charge in [0.15, 0.2) is 0 Å². The smallest absolute Gasteiger partial charge is 0.222 e. The number of carbonyl (C=O) groups excluding carboxylic acids is 1. The second-order valence-electron chi connectivity index (χ2n) is 7.93. The van der Waals surface area contributed by atoms with E-state index >= 15 is 0 Å². The maximum atomic E-state index is 13.0. The number of nitrogens with zero attached hydrogens (tertiary/aromatic N) is 1. The van der Waals surface area contributed by atoms with Gasteiger partial charge in [-0.15, -0.1) is 0 Å². The monoisotopic (exact) mass is 348 g/mol. The summed E-state index contributed by atoms with van der Waals surface area (Å²) in [5, 5.41) is 3.45. The zero-order valence-corrected chi connectivity index (χ0v) is 15.3. The summed E-state index contributed by atoms with van der Waals surface area (Å²) in [5.41, 5.74) is 2.65. The van der Waals surface area contributed by atoms with Crippen molar-refractivity contribution in [3.05, 3.63) is 71.8 Å². The average molecular weight is 348 g/mol. The molecule has 26 heavy (non-hydrogen) atoms. The predicted molar refractivity (Wildman–Crippen MR) is 105 cm³/mol. The summed E-state index contributed by atoms with van der Waals surface area (Å²) in [6.07, 6.45) is 2.57. The molecule has 2 atom stereocenters. The van der Waals surface area contributed by atoms with Crippen LogP contribution in [0.15, 0.2) is 60.7 Å². The van der Waals surface area contributed by atoms with E-state index in [1.54, 1.807) is 0 Å². The Hall–Kier alpha value is -2.13. The van der Waals surface area contributed by atoms with Crippen LogP contribution in [0.4, 0.5) is 0 Å². The molecule has 0 saturated carbocycles. The molecule has 1 N–H and O–H groups in total. The lowest BCUT2D eigenvalue weighted by molar-refractivity contribution is -0.131. The molecule has 0 bridgehead atoms. The first kappa shape index (κ1) is 17.3. The molecule has 2 fully saturated rings. The van der Waals surface area contributed by atoms with Gasteiger partial charge in [0, 0.05) is 32.6 Å². The van der Waals surface area contributed by atoms with Crippen molar-refractivity contribution in [2.45, 2.75) is 19.3 Å². The molecule has 2 aromatic carbocycles. The first-order chi connectivity index (χ1) is 12.8. The van der Waals surface area contributed by atoms with Gasteiger partial charge in [0.1, 0.15) is 0 Å². The summed E-state index contributed by atoms with van der Waals surface area (Å²) in [7, 11) is 0. The molecular weight excluding hydrogens is 320 g/mol. The van der Waals surface area contributed by atoms with Crippen LogP contribution in [0.5, 0.6) is 0 Å². The maximum Gasteiger partial charge on any atom is 0.222 e. The maximum absolute atomic E-state index is 13.0. The predicted octanol–water partition coefficient (Wildman–Crippen LogP) is 3.16. The lowest BCUT2D eigenvalue weighted by Gasteiger charge is -2.22. The summed E-state index contributed by atoms with van der Waals surface area (Å²) < 4.78 is 0. The van der Waals surface area contributed by atoms with Crippen LogP contribution in [0, 0.1) is 17.8 Å². The second kappa shape index (κ2) is 8.05. The highest BCUT2D eigenvalue weighted by Gasteiger charge is 2.38. The van der Waals surface area contributed by atoms with Crippen molar-refractivity contribution in [3.8, 4) is 0 Å². The SMILES string of the molecule is O=C(CC(Cc1ccccc1)Cc1ccccc1)N1C[C@H]2CNC[C@H]2C1. The fourth-order valence-corrected chi connectivity index (χ4v) is 4.55. The lowest BCUT2D eigenvalue weighted by atomic mass is 9.89. The molecule has 1 amide bonds. The summed E-state index contributed by atoms with van der Waals surface area (Å²) in [6, 6.07) is 21.2. The highest BCUT2D eigenvalue weighted by Crippen LogP contribution is 2.28. The van der Waals surface area contributed by atoms with E-state index in [0.29, 0.717) is 30.1 Å². The Morgan fingerprint density at radius 2 is 1.38 bits per heavy atom. The van der Waals surface area contributed by atoms with Gasteiger partial charge in [-0.25, -0.2) is 0 Å². The van der Waals surface area contributed by atoms with E-state index in [2.05, 4.69) is 70.9 Å². The van der Waals surface area contributed by atoms with E-state index in [9.17, 15) is 4.79 Å². The summed E-state index contributed by atoms with van der Waals surface area (Å²) in [6.45, 7) is 4.04. The first-order valence-electron chi connectivity index (χ1n) is 9.84. The standard InChI is InChI=1S/C23H28N2O/c26-23(25-16-21-14-24-15-22(21)17-25)13-20(11-18-7-3-1-4-8-18)12-19-9-5-2-6-10-19/h1-10,20-22,24H,11-17H2/t21-,22+. The van der Waals surface area contributed by atoms with Gasteiger partial charge < -0.3 is 10.2 Å². The molecule has 3 heteroatoms. The summed E-state index contributed by atoms with van der Waals surface area (Å²) in [5.74, 6) is 2.03. The number of hydrogen-bond donors (Lipinski definition) is 1. The third kappa shape index (κ3) is 4.16. The van der Waals surface area contributed by atoms with Gasteiger partial charge in [0.25, 0.3) is 0 Å². The minimum Gasteiger partial charge on any atom is -0.342 e. The number of rotatable bonds is 6. The van der Waals surface area contributed by atoms with Gasteiger partial charge in [-0.2, -0.15) is 0 Å². The Bertz CT molecular complexity index is 662. The summed E-state index contributed by atoms with van der Waals surface area (Å²) in [4.78, 5) is 15.1. The van der Waals surface area contributed by atoms with Crippen molar-refractivity contribution in [2.75, 3.05) is 26.2 Å². The van der Waals surface area contributed by atoms with Crippen molar-refractivity contribution >= 4 is 5.91 Å². The largest absolute Gasteiger partial charge is 0.342 e. The Labute approximate surface area is 156 Å². The van der Waals surface area contributed by atoms with E-state index in [-0.39, 0.29) is 0 Å². The molecule has 0 aromatic heterocycles. The van der Waals surface area contributed by atoms with Gasteiger partial charge >= 0.3 is 0 Å². The molecule has 0 unspecified atom stereocenters. The van der Waals surface area contributed by atoms with Gasteiger partial charge in [-0.3, -0.25) is 4.79 Å². The molecule has 2 aromatic rings. The zero-order chi connectivity index (χ0) is 17.8. The van der Waals surface area contributed by atoms with E-state index < -0.39 is 0 Å². The number of likely N-dealkylation sites (tertiary alicyclic amines) is 1. The van der Waals surface area contributed by atoms with Crippen LogP contribution in [0.2, 0.25) is 0 Å². The molecule has 3 nitrogen and oxygen atoms in total. The zero-order valence-electron chi connectivity index (χ0n) is 15.3. The number of nitrogens with one attached hydrogen (secondary N) is 1. The number of benzene rings is 2. The van der Waals surface area contributed by atoms with Crippen molar-refractivity contribution < 1.29 is 4.79 Å². The van der Waals surface area contributed by atoms with Crippen LogP contribution in [0.3, 0.4) is 0 Å². The number of amides is 1. The molecule has 2 aliphatic rings. The van der Waals surface area contributed by atoms with Crippen LogP contribution in [-0.4, -0.2) is 37.0 Å². The van der Waals surface area contributed by atoms with Crippen molar-refractivity contribution in [3.63, 3.8) is 0 Å². The Kier molecular flexibility index (Phi) is 5.35. The van der Waals surface area contributed by atoms with E-state index in [1.165, 1.54) is 11.1 Å². The number of hydrogen-bond acceptors (Lipinski definition) is 2. The average Bonchev–Trinajstić information content (AvgIpc) is 3.25. The van der Waals surface area contributed by atoms with Crippen molar-refractivity contribution in [1.29, 1.82) is 0 Å². The van der Waals surface area contributed by atoms with Gasteiger partial charge in [0.05, 0.1) is 0 Å². The molecule has 2 saturated heterocycles. The molecule has 0 radical (unpaired) electrons. The Morgan fingerprint density at radius 3 is 1.88 bits per heavy atom. The topological polar surface area (TPSA) is 32.3 Å². The minimum absolute atomic E-state index is 0.344. The molecule has 2 aliphatic heterocycles. The molecule has 0 aliphatic carbocycles. The van der Waals surface area contributed by atoms with E-state index in [0.717, 1.165) is 39.0 Å². The minimum atomic E-state index is 0.344. The van der Waals surface area contributed by atoms with E-state index in [1.807, 2.05) is 0 Å². The van der Waals surface area contributed by atoms with Gasteiger partial charge in [-0.05, 0) is 41.7 Å². The Balaban J connectivity index is 1.42. The van der Waals surface area contributed by atoms with E-state index in [4.69, 9.17) is 0 Å². The Morgan fingerprint density at radius 1 is 0.885 bits per heavy atom. The molecule has 2 heterocycles. The molecule has 136 valence electrons. The lowest BCUT2D eigenvalue weighted by Crippen LogP contribution is -2.33. The van der Waals surface area contributed by atoms with Gasteiger partial charge in [-0.1, -0.05) is 60.7 Å². The third-order valence-corrected chi connectivity index (χ3v) is 5.94. The highest BCUT2D eigenvalue weighted by molar-refractivity contribution is 5.77. The molecule has 4 rings (SSSR count). The molecular formula is C23H28N2O. The molecule has 0 spiro atoms. The quantitative estimate of drug-likeness (QED) is 0.870. The normalized spacial score (nSPS) is 22.0. The first-order valence-corrected chi connectivity index (χ1v) is 9.84. The number of carbonyl (C=O) groups is 1. The fourth-order valence-electron chi connectivity index (χ4n) is 4.55. The number of fused-ring (bicyclic) bond motifs is 1. The van der Waals surface area contributed by atoms with Crippen LogP contribution in [-0.2, 0) is 17.6 Å². The van der Waals surface area contributed by atoms with Crippen LogP contribution < -0.4 is 5.32 Å². The third-order valence-electron chi connectivity index (χ3n) is 5.94. The van der Waals surface area contributed by atoms with Gasteiger partial charge in [0.2, 0.25) is 5.91 Å². The second-order valence-corrected chi connectivity index (χ2v) is 7.93. The van der Waals surface area contributed by atoms with Crippen molar-refractivity contribution in [2.24, 2.45) is 17.8 Å². The van der Waals surface area contributed by atoms with Crippen LogP contribution in [0.1, 0.15) is 17.5 Å².